The normalized spacial score (nSPS) is 10.4. The maximum Gasteiger partial charge on any atom is 2.00 e. The molecule has 0 amide bonds. The standard InChI is InChI=1S/C11H14BrClN2S.C4H9.BrH.Mg/c1-7-5-9(12)8(10(13)15-7)6-14-16-11(2,3)4;1-3-4-2;;/h5-6H,1-4H3;3H,4H2,1-2H3;1H;/q;-1;;+2/p-1/b14-6+;;;. The van der Waals surface area contributed by atoms with Crippen molar-refractivity contribution in [1.82, 2.24) is 4.98 Å². The van der Waals surface area contributed by atoms with Crippen molar-refractivity contribution in [2.75, 3.05) is 0 Å². The fourth-order valence-corrected chi connectivity index (χ4v) is 2.45. The van der Waals surface area contributed by atoms with E-state index in [1.54, 1.807) is 6.21 Å². The van der Waals surface area contributed by atoms with Gasteiger partial charge >= 0.3 is 23.1 Å². The molecule has 122 valence electrons. The number of rotatable bonds is 3. The molecule has 0 aliphatic carbocycles. The van der Waals surface area contributed by atoms with Crippen LogP contribution in [0.4, 0.5) is 0 Å². The molecule has 0 saturated carbocycles. The van der Waals surface area contributed by atoms with Crippen molar-refractivity contribution < 1.29 is 17.0 Å². The Morgan fingerprint density at radius 3 is 2.32 bits per heavy atom. The number of pyridine rings is 1. The zero-order chi connectivity index (χ0) is 15.8. The molecule has 0 spiro atoms. The number of halogens is 3. The number of unbranched alkanes of at least 4 members (excludes halogenated alkanes) is 1. The first-order valence-electron chi connectivity index (χ1n) is 6.53. The minimum absolute atomic E-state index is 0. The Bertz CT molecular complexity index is 427. The van der Waals surface area contributed by atoms with E-state index in [4.69, 9.17) is 11.6 Å². The Morgan fingerprint density at radius 1 is 1.45 bits per heavy atom. The van der Waals surface area contributed by atoms with Gasteiger partial charge in [0.15, 0.2) is 0 Å². The van der Waals surface area contributed by atoms with Crippen LogP contribution in [0, 0.1) is 13.3 Å². The van der Waals surface area contributed by atoms with Gasteiger partial charge in [-0.25, -0.2) is 9.38 Å². The summed E-state index contributed by atoms with van der Waals surface area (Å²) in [5.41, 5.74) is 1.71. The van der Waals surface area contributed by atoms with Crippen LogP contribution in [-0.4, -0.2) is 39.0 Å². The zero-order valence-corrected chi connectivity index (χ0v) is 20.2. The van der Waals surface area contributed by atoms with Gasteiger partial charge in [0.1, 0.15) is 5.15 Å². The van der Waals surface area contributed by atoms with E-state index in [1.165, 1.54) is 18.4 Å². The molecule has 2 nitrogen and oxygen atoms in total. The summed E-state index contributed by atoms with van der Waals surface area (Å²) in [6.45, 7) is 12.4. The van der Waals surface area contributed by atoms with Crippen LogP contribution in [0.15, 0.2) is 14.9 Å². The SMILES string of the molecule is C[CH-]CC.Cc1cc(Br)c(/C=N/SC(C)(C)C)c(Cl)n1.[Br-].[Mg+2]. The fourth-order valence-electron chi connectivity index (χ4n) is 0.959. The van der Waals surface area contributed by atoms with Gasteiger partial charge in [0, 0.05) is 26.7 Å². The Morgan fingerprint density at radius 2 is 1.95 bits per heavy atom. The van der Waals surface area contributed by atoms with E-state index < -0.39 is 0 Å². The van der Waals surface area contributed by atoms with Crippen molar-refractivity contribution in [2.45, 2.75) is 52.7 Å². The maximum atomic E-state index is 6.04. The first kappa shape index (κ1) is 28.0. The number of hydrogen-bond donors (Lipinski definition) is 0. The summed E-state index contributed by atoms with van der Waals surface area (Å²) < 4.78 is 5.33. The first-order chi connectivity index (χ1) is 9.21. The summed E-state index contributed by atoms with van der Waals surface area (Å²) in [6, 6.07) is 1.93. The first-order valence-corrected chi connectivity index (χ1v) is 8.47. The molecule has 0 radical (unpaired) electrons. The van der Waals surface area contributed by atoms with E-state index in [-0.39, 0.29) is 44.8 Å². The third-order valence-corrected chi connectivity index (χ3v) is 3.71. The van der Waals surface area contributed by atoms with Gasteiger partial charge in [-0.2, -0.15) is 13.3 Å². The van der Waals surface area contributed by atoms with Crippen LogP contribution in [0.2, 0.25) is 5.15 Å². The summed E-state index contributed by atoms with van der Waals surface area (Å²) in [5, 5.41) is 0.477. The molecule has 0 aromatic carbocycles. The van der Waals surface area contributed by atoms with Gasteiger partial charge in [0.05, 0.1) is 0 Å². The predicted molar refractivity (Wildman–Crippen MR) is 103 cm³/mol. The Hall–Kier alpha value is 1.19. The minimum Gasteiger partial charge on any atom is -1.00 e. The van der Waals surface area contributed by atoms with E-state index >= 15 is 0 Å². The Balaban J connectivity index is -0.000000538. The molecule has 1 aromatic heterocycles. The molecule has 1 heterocycles. The molecule has 0 aliphatic heterocycles. The summed E-state index contributed by atoms with van der Waals surface area (Å²) in [7, 11) is 0. The van der Waals surface area contributed by atoms with Crippen molar-refractivity contribution in [3.05, 3.63) is 33.4 Å². The summed E-state index contributed by atoms with van der Waals surface area (Å²) in [6.07, 6.45) is 5.06. The quantitative estimate of drug-likeness (QED) is 0.218. The third-order valence-electron chi connectivity index (χ3n) is 2.01. The van der Waals surface area contributed by atoms with E-state index in [0.29, 0.717) is 5.15 Å². The average Bonchev–Trinajstić information content (AvgIpc) is 2.31. The van der Waals surface area contributed by atoms with Crippen molar-refractivity contribution in [1.29, 1.82) is 0 Å². The van der Waals surface area contributed by atoms with Crippen molar-refractivity contribution in [2.24, 2.45) is 4.40 Å². The average molecular weight is 483 g/mol. The van der Waals surface area contributed by atoms with Crippen molar-refractivity contribution >= 4 is 68.7 Å². The topological polar surface area (TPSA) is 25.2 Å². The number of nitrogens with zero attached hydrogens (tertiary/aromatic N) is 2. The van der Waals surface area contributed by atoms with E-state index in [2.05, 4.69) is 66.4 Å². The largest absolute Gasteiger partial charge is 2.00 e. The van der Waals surface area contributed by atoms with Crippen LogP contribution < -0.4 is 17.0 Å². The smallest absolute Gasteiger partial charge is 1.00 e. The molecular formula is C15H23Br2ClMgN2S. The molecule has 1 aromatic rings. The van der Waals surface area contributed by atoms with Crippen LogP contribution in [-0.2, 0) is 0 Å². The molecule has 0 N–H and O–H groups in total. The predicted octanol–water partition coefficient (Wildman–Crippen LogP) is 2.92. The summed E-state index contributed by atoms with van der Waals surface area (Å²) in [5.74, 6) is 0. The summed E-state index contributed by atoms with van der Waals surface area (Å²) >= 11 is 11.0. The Labute approximate surface area is 179 Å². The third kappa shape index (κ3) is 13.6. The van der Waals surface area contributed by atoms with Gasteiger partial charge < -0.3 is 23.4 Å². The molecule has 0 unspecified atom stereocenters. The van der Waals surface area contributed by atoms with Gasteiger partial charge in [0.25, 0.3) is 0 Å². The number of aromatic nitrogens is 1. The van der Waals surface area contributed by atoms with Gasteiger partial charge in [-0.15, -0.1) is 0 Å². The second kappa shape index (κ2) is 14.5. The van der Waals surface area contributed by atoms with Gasteiger partial charge in [-0.3, -0.25) is 0 Å². The molecule has 1 rings (SSSR count). The molecule has 0 bridgehead atoms. The molecular weight excluding hydrogens is 460 g/mol. The molecule has 0 aliphatic rings. The van der Waals surface area contributed by atoms with Crippen LogP contribution >= 0.6 is 39.5 Å². The van der Waals surface area contributed by atoms with Crippen molar-refractivity contribution in [3.63, 3.8) is 0 Å². The summed E-state index contributed by atoms with van der Waals surface area (Å²) in [4.78, 5) is 4.18. The second-order valence-corrected chi connectivity index (χ2v) is 8.04. The van der Waals surface area contributed by atoms with Crippen LogP contribution in [0.5, 0.6) is 0 Å². The molecule has 0 fully saturated rings. The second-order valence-electron chi connectivity index (χ2n) is 5.20. The number of hydrogen-bond acceptors (Lipinski definition) is 3. The van der Waals surface area contributed by atoms with Gasteiger partial charge in [-0.1, -0.05) is 18.5 Å². The van der Waals surface area contributed by atoms with Crippen molar-refractivity contribution in [3.8, 4) is 0 Å². The van der Waals surface area contributed by atoms with Crippen LogP contribution in [0.25, 0.3) is 0 Å². The minimum atomic E-state index is 0. The molecule has 0 atom stereocenters. The molecule has 7 heteroatoms. The number of aryl methyl sites for hydroxylation is 1. The molecule has 0 saturated heterocycles. The van der Waals surface area contributed by atoms with Gasteiger partial charge in [0.2, 0.25) is 0 Å². The van der Waals surface area contributed by atoms with Gasteiger partial charge in [-0.05, 0) is 61.6 Å². The van der Waals surface area contributed by atoms with Crippen LogP contribution in [0.3, 0.4) is 0 Å². The molecule has 22 heavy (non-hydrogen) atoms. The van der Waals surface area contributed by atoms with E-state index in [0.717, 1.165) is 15.7 Å². The van der Waals surface area contributed by atoms with E-state index in [9.17, 15) is 0 Å². The Kier molecular flexibility index (Phi) is 18.5. The van der Waals surface area contributed by atoms with E-state index in [1.807, 2.05) is 13.0 Å². The maximum absolute atomic E-state index is 6.04. The van der Waals surface area contributed by atoms with Crippen LogP contribution in [0.1, 0.15) is 52.3 Å². The monoisotopic (exact) mass is 480 g/mol. The fraction of sp³-hybridized carbons (Fsp3) is 0.533. The zero-order valence-electron chi connectivity index (χ0n) is 14.1.